The molecule has 4 rings (SSSR count). The summed E-state index contributed by atoms with van der Waals surface area (Å²) in [5.74, 6) is 2.20. The fourth-order valence-electron chi connectivity index (χ4n) is 4.22. The van der Waals surface area contributed by atoms with Gasteiger partial charge in [0.2, 0.25) is 5.91 Å². The van der Waals surface area contributed by atoms with E-state index < -0.39 is 0 Å². The quantitative estimate of drug-likeness (QED) is 0.732. The van der Waals surface area contributed by atoms with E-state index in [0.29, 0.717) is 24.2 Å². The van der Waals surface area contributed by atoms with Crippen LogP contribution in [0.2, 0.25) is 0 Å². The third-order valence-corrected chi connectivity index (χ3v) is 6.10. The first-order valence-electron chi connectivity index (χ1n) is 10.4. The van der Waals surface area contributed by atoms with Crippen molar-refractivity contribution in [1.29, 1.82) is 0 Å². The van der Waals surface area contributed by atoms with E-state index in [-0.39, 0.29) is 0 Å². The van der Waals surface area contributed by atoms with Crippen LogP contribution >= 0.6 is 0 Å². The fraction of sp³-hybridized carbons (Fsp3) is 0.458. The second-order valence-electron chi connectivity index (χ2n) is 8.06. The highest BCUT2D eigenvalue weighted by molar-refractivity contribution is 5.77. The van der Waals surface area contributed by atoms with E-state index in [1.54, 1.807) is 7.11 Å². The lowest BCUT2D eigenvalue weighted by Gasteiger charge is -2.35. The summed E-state index contributed by atoms with van der Waals surface area (Å²) in [6, 6.07) is 18.9. The molecule has 0 radical (unpaired) electrons. The monoisotopic (exact) mass is 378 g/mol. The van der Waals surface area contributed by atoms with Crippen molar-refractivity contribution in [2.24, 2.45) is 5.92 Å². The zero-order valence-corrected chi connectivity index (χ0v) is 16.7. The Hall–Kier alpha value is -2.33. The molecule has 2 fully saturated rings. The lowest BCUT2D eigenvalue weighted by Crippen LogP contribution is -2.48. The Kier molecular flexibility index (Phi) is 5.96. The first kappa shape index (κ1) is 19.0. The number of amides is 1. The van der Waals surface area contributed by atoms with Crippen LogP contribution in [0.1, 0.15) is 36.3 Å². The van der Waals surface area contributed by atoms with Crippen molar-refractivity contribution in [1.82, 2.24) is 9.80 Å². The van der Waals surface area contributed by atoms with Gasteiger partial charge in [0.05, 0.1) is 7.11 Å². The van der Waals surface area contributed by atoms with Gasteiger partial charge in [-0.3, -0.25) is 9.69 Å². The molecule has 1 saturated heterocycles. The summed E-state index contributed by atoms with van der Waals surface area (Å²) >= 11 is 0. The Morgan fingerprint density at radius 1 is 1.00 bits per heavy atom. The first-order chi connectivity index (χ1) is 13.7. The molecule has 0 aromatic heterocycles. The van der Waals surface area contributed by atoms with Crippen LogP contribution in [-0.2, 0) is 11.3 Å². The van der Waals surface area contributed by atoms with Crippen LogP contribution < -0.4 is 4.74 Å². The highest BCUT2D eigenvalue weighted by atomic mass is 16.5. The molecule has 0 N–H and O–H groups in total. The molecule has 2 aromatic carbocycles. The van der Waals surface area contributed by atoms with Crippen LogP contribution in [0.15, 0.2) is 54.6 Å². The van der Waals surface area contributed by atoms with Gasteiger partial charge in [-0.25, -0.2) is 0 Å². The molecule has 28 heavy (non-hydrogen) atoms. The molecular formula is C24H30N2O2. The number of carbonyl (C=O) groups excluding carboxylic acids is 1. The topological polar surface area (TPSA) is 32.8 Å². The minimum Gasteiger partial charge on any atom is -0.497 e. The second-order valence-corrected chi connectivity index (χ2v) is 8.06. The van der Waals surface area contributed by atoms with Crippen LogP contribution in [-0.4, -0.2) is 49.0 Å². The van der Waals surface area contributed by atoms with Crippen LogP contribution in [0.4, 0.5) is 0 Å². The van der Waals surface area contributed by atoms with Gasteiger partial charge in [0.15, 0.2) is 0 Å². The smallest absolute Gasteiger partial charge is 0.223 e. The van der Waals surface area contributed by atoms with Gasteiger partial charge in [0.1, 0.15) is 5.75 Å². The zero-order chi connectivity index (χ0) is 19.3. The molecule has 4 heteroatoms. The maximum atomic E-state index is 13.0. The summed E-state index contributed by atoms with van der Waals surface area (Å²) in [6.45, 7) is 4.56. The largest absolute Gasteiger partial charge is 0.497 e. The molecular weight excluding hydrogens is 348 g/mol. The van der Waals surface area contributed by atoms with Crippen LogP contribution in [0.5, 0.6) is 5.75 Å². The highest BCUT2D eigenvalue weighted by Gasteiger charge is 2.35. The number of rotatable bonds is 7. The van der Waals surface area contributed by atoms with Crippen molar-refractivity contribution < 1.29 is 9.53 Å². The molecule has 2 aliphatic rings. The number of hydrogen-bond acceptors (Lipinski definition) is 3. The molecule has 1 aliphatic heterocycles. The molecule has 4 nitrogen and oxygen atoms in total. The van der Waals surface area contributed by atoms with Gasteiger partial charge >= 0.3 is 0 Å². The van der Waals surface area contributed by atoms with Crippen molar-refractivity contribution >= 4 is 5.91 Å². The molecule has 1 amide bonds. The van der Waals surface area contributed by atoms with Crippen molar-refractivity contribution in [3.63, 3.8) is 0 Å². The van der Waals surface area contributed by atoms with Crippen LogP contribution in [0.3, 0.4) is 0 Å². The molecule has 1 aliphatic carbocycles. The Labute approximate surface area is 168 Å². The average molecular weight is 379 g/mol. The lowest BCUT2D eigenvalue weighted by atomic mass is 9.90. The zero-order valence-electron chi connectivity index (χ0n) is 16.7. The van der Waals surface area contributed by atoms with E-state index in [2.05, 4.69) is 52.3 Å². The van der Waals surface area contributed by atoms with Gasteiger partial charge in [-0.15, -0.1) is 0 Å². The van der Waals surface area contributed by atoms with E-state index in [9.17, 15) is 4.79 Å². The summed E-state index contributed by atoms with van der Waals surface area (Å²) < 4.78 is 5.27. The molecule has 1 saturated carbocycles. The molecule has 0 bridgehead atoms. The van der Waals surface area contributed by atoms with Crippen molar-refractivity contribution in [3.8, 4) is 5.75 Å². The number of carbonyl (C=O) groups is 1. The van der Waals surface area contributed by atoms with Gasteiger partial charge in [-0.1, -0.05) is 42.5 Å². The second kappa shape index (κ2) is 8.78. The van der Waals surface area contributed by atoms with E-state index >= 15 is 0 Å². The maximum Gasteiger partial charge on any atom is 0.223 e. The predicted octanol–water partition coefficient (Wildman–Crippen LogP) is 3.92. The number of methoxy groups -OCH3 is 1. The van der Waals surface area contributed by atoms with E-state index in [4.69, 9.17) is 4.74 Å². The third-order valence-electron chi connectivity index (χ3n) is 6.10. The first-order valence-corrected chi connectivity index (χ1v) is 10.4. The number of ether oxygens (including phenoxy) is 1. The summed E-state index contributed by atoms with van der Waals surface area (Å²) in [7, 11) is 1.69. The minimum absolute atomic E-state index is 0.312. The summed E-state index contributed by atoms with van der Waals surface area (Å²) in [5, 5.41) is 0. The maximum absolute atomic E-state index is 13.0. The molecule has 2 aromatic rings. The molecule has 0 spiro atoms. The van der Waals surface area contributed by atoms with E-state index in [0.717, 1.165) is 38.5 Å². The van der Waals surface area contributed by atoms with Gasteiger partial charge in [0.25, 0.3) is 0 Å². The fourth-order valence-corrected chi connectivity index (χ4v) is 4.22. The van der Waals surface area contributed by atoms with Gasteiger partial charge in [-0.05, 0) is 47.9 Å². The number of benzene rings is 2. The Bertz CT molecular complexity index is 763. The third kappa shape index (κ3) is 4.74. The molecule has 148 valence electrons. The minimum atomic E-state index is 0.312. The number of hydrogen-bond donors (Lipinski definition) is 0. The molecule has 1 atom stereocenters. The Morgan fingerprint density at radius 2 is 1.68 bits per heavy atom. The Balaban J connectivity index is 1.31. The van der Waals surface area contributed by atoms with Gasteiger partial charge < -0.3 is 9.64 Å². The van der Waals surface area contributed by atoms with Crippen LogP contribution in [0.25, 0.3) is 0 Å². The van der Waals surface area contributed by atoms with Crippen molar-refractivity contribution in [3.05, 3.63) is 65.7 Å². The SMILES string of the molecule is COc1ccc(C(CC(=O)N2CCN(Cc3ccccc3)CC2)C2CC2)cc1. The Morgan fingerprint density at radius 3 is 2.29 bits per heavy atom. The predicted molar refractivity (Wildman–Crippen MR) is 111 cm³/mol. The number of nitrogens with zero attached hydrogens (tertiary/aromatic N) is 2. The molecule has 1 heterocycles. The van der Waals surface area contributed by atoms with Crippen LogP contribution in [0, 0.1) is 5.92 Å². The van der Waals surface area contributed by atoms with Gasteiger partial charge in [0, 0.05) is 39.1 Å². The highest BCUT2D eigenvalue weighted by Crippen LogP contribution is 2.45. The van der Waals surface area contributed by atoms with E-state index in [1.807, 2.05) is 12.1 Å². The summed E-state index contributed by atoms with van der Waals surface area (Å²) in [5.41, 5.74) is 2.62. The summed E-state index contributed by atoms with van der Waals surface area (Å²) in [6.07, 6.45) is 3.12. The van der Waals surface area contributed by atoms with Crippen molar-refractivity contribution in [2.45, 2.75) is 31.7 Å². The molecule has 1 unspecified atom stereocenters. The number of piperazine rings is 1. The average Bonchev–Trinajstić information content (AvgIpc) is 3.58. The standard InChI is InChI=1S/C24H30N2O2/c1-28-22-11-9-21(10-12-22)23(20-7-8-20)17-24(27)26-15-13-25(14-16-26)18-19-5-3-2-4-6-19/h2-6,9-12,20,23H,7-8,13-18H2,1H3. The van der Waals surface area contributed by atoms with Gasteiger partial charge in [-0.2, -0.15) is 0 Å². The normalized spacial score (nSPS) is 18.7. The van der Waals surface area contributed by atoms with Crippen molar-refractivity contribution in [2.75, 3.05) is 33.3 Å². The lowest BCUT2D eigenvalue weighted by molar-refractivity contribution is -0.133. The van der Waals surface area contributed by atoms with E-state index in [1.165, 1.54) is 24.0 Å². The summed E-state index contributed by atoms with van der Waals surface area (Å²) in [4.78, 5) is 17.5.